The van der Waals surface area contributed by atoms with Gasteiger partial charge >= 0.3 is 11.9 Å². The van der Waals surface area contributed by atoms with Crippen molar-refractivity contribution in [2.75, 3.05) is 62.4 Å². The van der Waals surface area contributed by atoms with Crippen molar-refractivity contribution < 1.29 is 38.7 Å². The van der Waals surface area contributed by atoms with Gasteiger partial charge in [0.2, 0.25) is 0 Å². The van der Waals surface area contributed by atoms with Crippen LogP contribution in [0.3, 0.4) is 0 Å². The number of aromatic carboxylic acids is 2. The Kier molecular flexibility index (Phi) is 21.6. The molecule has 0 bridgehead atoms. The van der Waals surface area contributed by atoms with Gasteiger partial charge in [-0.25, -0.2) is 9.59 Å². The first kappa shape index (κ1) is 58.7. The summed E-state index contributed by atoms with van der Waals surface area (Å²) in [6.07, 6.45) is 16.8. The highest BCUT2D eigenvalue weighted by atomic mass is 16.5. The summed E-state index contributed by atoms with van der Waals surface area (Å²) in [5.41, 5.74) is 6.82. The second-order valence-electron chi connectivity index (χ2n) is 20.4. The Hall–Kier alpha value is -8.20. The zero-order valence-corrected chi connectivity index (χ0v) is 45.4. The number of unbranched alkanes of at least 4 members (excludes halogenated alkanes) is 2. The lowest BCUT2D eigenvalue weighted by Gasteiger charge is -2.30. The average molecular weight is 1030 g/mol. The van der Waals surface area contributed by atoms with Crippen molar-refractivity contribution in [1.82, 2.24) is 0 Å². The van der Waals surface area contributed by atoms with E-state index in [1.165, 1.54) is 12.1 Å². The average Bonchev–Trinajstić information content (AvgIpc) is 3.38. The topological polar surface area (TPSA) is 213 Å². The largest absolute Gasteiger partial charge is 0.493 e. The molecule has 0 saturated heterocycles. The van der Waals surface area contributed by atoms with Gasteiger partial charge in [-0.15, -0.1) is 0 Å². The van der Waals surface area contributed by atoms with Gasteiger partial charge in [0, 0.05) is 60.8 Å². The number of hydrogen-bond donors (Lipinski definition) is 2. The van der Waals surface area contributed by atoms with E-state index in [2.05, 4.69) is 77.3 Å². The summed E-state index contributed by atoms with van der Waals surface area (Å²) in [6.45, 7) is 21.0. The smallest absolute Gasteiger partial charge is 0.339 e. The lowest BCUT2D eigenvalue weighted by atomic mass is 9.74. The van der Waals surface area contributed by atoms with Crippen LogP contribution in [0.15, 0.2) is 106 Å². The van der Waals surface area contributed by atoms with Crippen molar-refractivity contribution in [2.45, 2.75) is 107 Å². The molecule has 0 atom stereocenters. The summed E-state index contributed by atoms with van der Waals surface area (Å²) >= 11 is 0. The predicted octanol–water partition coefficient (Wildman–Crippen LogP) is 13.5. The Bertz CT molecular complexity index is 2730. The van der Waals surface area contributed by atoms with Gasteiger partial charge in [0.1, 0.15) is 69.5 Å². The second-order valence-corrected chi connectivity index (χ2v) is 20.4. The van der Waals surface area contributed by atoms with E-state index in [0.29, 0.717) is 63.2 Å². The van der Waals surface area contributed by atoms with E-state index in [9.17, 15) is 40.8 Å². The molecule has 0 saturated carbocycles. The summed E-state index contributed by atoms with van der Waals surface area (Å²) in [7, 11) is 0. The Balaban J connectivity index is 1.20. The normalized spacial score (nSPS) is 14.6. The maximum atomic E-state index is 12.5. The Morgan fingerprint density at radius 1 is 0.513 bits per heavy atom. The number of benzene rings is 3. The lowest BCUT2D eigenvalue weighted by Crippen LogP contribution is -2.21. The number of carboxylic acid groups (broad SMARTS) is 2. The van der Waals surface area contributed by atoms with E-state index in [-0.39, 0.29) is 57.8 Å². The molecule has 0 amide bonds. The van der Waals surface area contributed by atoms with Crippen molar-refractivity contribution in [3.8, 4) is 47.3 Å². The van der Waals surface area contributed by atoms with Gasteiger partial charge in [-0.2, -0.15) is 21.0 Å². The molecule has 0 fully saturated rings. The quantitative estimate of drug-likeness (QED) is 0.0565. The van der Waals surface area contributed by atoms with Crippen LogP contribution in [0.2, 0.25) is 0 Å². The van der Waals surface area contributed by atoms with Gasteiger partial charge in [0.05, 0.1) is 26.4 Å². The van der Waals surface area contributed by atoms with Crippen molar-refractivity contribution in [3.05, 3.63) is 129 Å². The fourth-order valence-electron chi connectivity index (χ4n) is 9.59. The summed E-state index contributed by atoms with van der Waals surface area (Å²) in [6, 6.07) is 22.7. The molecule has 2 aliphatic carbocycles. The van der Waals surface area contributed by atoms with Crippen LogP contribution >= 0.6 is 0 Å². The van der Waals surface area contributed by atoms with Crippen molar-refractivity contribution >= 4 is 35.5 Å². The van der Waals surface area contributed by atoms with Gasteiger partial charge < -0.3 is 39.0 Å². The number of nitriles is 4. The SMILES string of the molecule is CCN(CC)c1ccc(/C=C/C2=CC(=C(C#N)C#N)CC(C)(C)C2)c(OCCCCOc2cc(C(=O)O)c(OCCCCOc3cc(N(CC)CC)ccc3/C=C/C3=CC(=C(C#N)C#N)CC(C)(C)C3)cc2C(=O)O)c1. The molecule has 3 aromatic rings. The van der Waals surface area contributed by atoms with Crippen LogP contribution in [0.5, 0.6) is 23.0 Å². The second kappa shape index (κ2) is 27.9. The highest BCUT2D eigenvalue weighted by Crippen LogP contribution is 2.42. The molecule has 14 heteroatoms. The maximum Gasteiger partial charge on any atom is 0.339 e. The standard InChI is InChI=1S/C62H72N6O8/c1-9-67(10-2)51-23-21-45(19-17-43-29-47(49(39-63)40-64)37-61(5,6)35-43)55(31-51)73-25-13-15-27-75-57-33-54(60(71)72)58(34-53(57)59(69)70)76-28-16-14-26-74-56-32-52(68(11-3)12-4)24-22-46(56)20-18-44-30-48(50(41-65)42-66)38-62(7,8)36-44/h17-24,29-34H,9-16,25-28,35-38H2,1-8H3,(H,69,70)(H,71,72)/b19-17+,20-18+. The third-order valence-electron chi connectivity index (χ3n) is 13.4. The molecule has 0 aromatic heterocycles. The summed E-state index contributed by atoms with van der Waals surface area (Å²) in [4.78, 5) is 29.4. The van der Waals surface area contributed by atoms with E-state index in [4.69, 9.17) is 18.9 Å². The Labute approximate surface area is 449 Å². The van der Waals surface area contributed by atoms with Crippen LogP contribution in [0.4, 0.5) is 11.4 Å². The van der Waals surface area contributed by atoms with Gasteiger partial charge in [0.25, 0.3) is 0 Å². The van der Waals surface area contributed by atoms with Crippen LogP contribution in [-0.4, -0.2) is 74.8 Å². The van der Waals surface area contributed by atoms with E-state index >= 15 is 0 Å². The number of rotatable bonds is 26. The Morgan fingerprint density at radius 3 is 1.14 bits per heavy atom. The minimum atomic E-state index is -1.29. The maximum absolute atomic E-state index is 12.5. The van der Waals surface area contributed by atoms with E-state index < -0.39 is 11.9 Å². The molecule has 0 unspecified atom stereocenters. The fraction of sp³-hybridized carbons (Fsp3) is 0.419. The molecule has 0 radical (unpaired) electrons. The number of nitrogens with zero attached hydrogens (tertiary/aromatic N) is 6. The lowest BCUT2D eigenvalue weighted by molar-refractivity contribution is 0.0672. The van der Waals surface area contributed by atoms with Crippen LogP contribution < -0.4 is 28.7 Å². The van der Waals surface area contributed by atoms with Gasteiger partial charge in [0.15, 0.2) is 0 Å². The molecule has 0 heterocycles. The summed E-state index contributed by atoms with van der Waals surface area (Å²) in [5.74, 6) is -1.36. The van der Waals surface area contributed by atoms with Crippen LogP contribution in [0.1, 0.15) is 139 Å². The summed E-state index contributed by atoms with van der Waals surface area (Å²) in [5, 5.41) is 58.5. The number of carboxylic acids is 2. The van der Waals surface area contributed by atoms with E-state index in [1.807, 2.05) is 85.0 Å². The first-order valence-electron chi connectivity index (χ1n) is 26.2. The van der Waals surface area contributed by atoms with Crippen molar-refractivity contribution in [2.24, 2.45) is 10.8 Å². The van der Waals surface area contributed by atoms with Crippen LogP contribution in [0, 0.1) is 56.2 Å². The van der Waals surface area contributed by atoms with Gasteiger partial charge in [-0.1, -0.05) is 64.2 Å². The number of ether oxygens (including phenoxy) is 4. The Morgan fingerprint density at radius 2 is 0.842 bits per heavy atom. The number of anilines is 2. The fourth-order valence-corrected chi connectivity index (χ4v) is 9.59. The minimum Gasteiger partial charge on any atom is -0.493 e. The molecule has 2 N–H and O–H groups in total. The van der Waals surface area contributed by atoms with Crippen molar-refractivity contribution in [1.29, 1.82) is 21.0 Å². The number of hydrogen-bond acceptors (Lipinski definition) is 12. The first-order chi connectivity index (χ1) is 36.4. The number of allylic oxidation sites excluding steroid dienone is 10. The van der Waals surface area contributed by atoms with Crippen molar-refractivity contribution in [3.63, 3.8) is 0 Å². The third kappa shape index (κ3) is 16.4. The third-order valence-corrected chi connectivity index (χ3v) is 13.4. The first-order valence-corrected chi connectivity index (χ1v) is 26.2. The molecule has 14 nitrogen and oxygen atoms in total. The minimum absolute atomic E-state index is 0.0768. The van der Waals surface area contributed by atoms with Gasteiger partial charge in [-0.05, 0) is 149 Å². The highest BCUT2D eigenvalue weighted by molar-refractivity contribution is 5.97. The summed E-state index contributed by atoms with van der Waals surface area (Å²) < 4.78 is 24.6. The molecule has 0 aliphatic heterocycles. The molecule has 5 rings (SSSR count). The predicted molar refractivity (Wildman–Crippen MR) is 298 cm³/mol. The van der Waals surface area contributed by atoms with E-state index in [0.717, 1.165) is 83.8 Å². The molecule has 3 aromatic carbocycles. The molecular weight excluding hydrogens is 957 g/mol. The highest BCUT2D eigenvalue weighted by Gasteiger charge is 2.28. The number of carbonyl (C=O) groups is 2. The zero-order chi connectivity index (χ0) is 55.4. The molecular formula is C62H72N6O8. The molecule has 0 spiro atoms. The van der Waals surface area contributed by atoms with Gasteiger partial charge in [-0.3, -0.25) is 0 Å². The zero-order valence-electron chi connectivity index (χ0n) is 45.4. The molecule has 398 valence electrons. The molecule has 76 heavy (non-hydrogen) atoms. The molecule has 2 aliphatic rings. The van der Waals surface area contributed by atoms with Crippen LogP contribution in [0.25, 0.3) is 12.2 Å². The van der Waals surface area contributed by atoms with Crippen LogP contribution in [-0.2, 0) is 0 Å². The monoisotopic (exact) mass is 1030 g/mol. The van der Waals surface area contributed by atoms with E-state index in [1.54, 1.807) is 0 Å².